The van der Waals surface area contributed by atoms with Crippen molar-refractivity contribution < 1.29 is 14.6 Å². The van der Waals surface area contributed by atoms with Gasteiger partial charge in [0.25, 0.3) is 0 Å². The number of rotatable bonds is 1. The highest BCUT2D eigenvalue weighted by Gasteiger charge is 2.18. The normalized spacial score (nSPS) is 30.8. The molecule has 0 aliphatic carbocycles. The highest BCUT2D eigenvalue weighted by Crippen LogP contribution is 2.08. The first-order chi connectivity index (χ1) is 5.68. The lowest BCUT2D eigenvalue weighted by molar-refractivity contribution is -0.146. The van der Waals surface area contributed by atoms with Gasteiger partial charge in [-0.3, -0.25) is 4.79 Å². The van der Waals surface area contributed by atoms with Gasteiger partial charge in [-0.15, -0.1) is 0 Å². The molecule has 4 heteroatoms. The first kappa shape index (κ1) is 9.48. The molecule has 2 atom stereocenters. The van der Waals surface area contributed by atoms with Gasteiger partial charge in [0.2, 0.25) is 0 Å². The summed E-state index contributed by atoms with van der Waals surface area (Å²) in [6.07, 6.45) is 1.07. The van der Waals surface area contributed by atoms with Gasteiger partial charge < -0.3 is 15.2 Å². The number of aliphatic hydroxyl groups excluding tert-OH is 1. The molecule has 0 amide bonds. The van der Waals surface area contributed by atoms with E-state index in [1.807, 2.05) is 0 Å². The highest BCUT2D eigenvalue weighted by atomic mass is 16.5. The van der Waals surface area contributed by atoms with Crippen LogP contribution in [0.25, 0.3) is 0 Å². The topological polar surface area (TPSA) is 58.6 Å². The Hall–Kier alpha value is -0.610. The lowest BCUT2D eigenvalue weighted by atomic mass is 10.1. The van der Waals surface area contributed by atoms with Crippen molar-refractivity contribution in [2.24, 2.45) is 0 Å². The molecule has 1 aliphatic rings. The van der Waals surface area contributed by atoms with E-state index in [1.165, 1.54) is 6.92 Å². The van der Waals surface area contributed by atoms with Crippen LogP contribution in [0, 0.1) is 0 Å². The average molecular weight is 173 g/mol. The minimum atomic E-state index is -0.300. The number of carbonyl (C=O) groups excluding carboxylic acids is 1. The quantitative estimate of drug-likeness (QED) is 0.533. The largest absolute Gasteiger partial charge is 0.461 e. The lowest BCUT2D eigenvalue weighted by Gasteiger charge is -2.13. The van der Waals surface area contributed by atoms with Crippen LogP contribution in [-0.2, 0) is 9.53 Å². The Morgan fingerprint density at radius 3 is 2.92 bits per heavy atom. The molecule has 0 radical (unpaired) electrons. The minimum Gasteiger partial charge on any atom is -0.461 e. The highest BCUT2D eigenvalue weighted by molar-refractivity contribution is 5.66. The number of hydrogen-bond donors (Lipinski definition) is 2. The van der Waals surface area contributed by atoms with Gasteiger partial charge in [0.15, 0.2) is 0 Å². The van der Waals surface area contributed by atoms with Crippen molar-refractivity contribution in [3.05, 3.63) is 0 Å². The van der Waals surface area contributed by atoms with E-state index < -0.39 is 0 Å². The molecule has 2 N–H and O–H groups in total. The average Bonchev–Trinajstić information content (AvgIpc) is 2.15. The number of ether oxygens (including phenoxy) is 1. The zero-order valence-corrected chi connectivity index (χ0v) is 7.25. The maximum atomic E-state index is 10.6. The van der Waals surface area contributed by atoms with Gasteiger partial charge >= 0.3 is 5.97 Å². The molecule has 0 aromatic rings. The Kier molecular flexibility index (Phi) is 3.49. The molecule has 1 rings (SSSR count). The van der Waals surface area contributed by atoms with Crippen molar-refractivity contribution in [1.29, 1.82) is 0 Å². The van der Waals surface area contributed by atoms with Gasteiger partial charge in [-0.25, -0.2) is 0 Å². The predicted octanol–water partition coefficient (Wildman–Crippen LogP) is -0.338. The van der Waals surface area contributed by atoms with Crippen molar-refractivity contribution in [3.8, 4) is 0 Å². The van der Waals surface area contributed by atoms with Gasteiger partial charge in [-0.1, -0.05) is 0 Å². The molecule has 1 aliphatic heterocycles. The predicted molar refractivity (Wildman–Crippen MR) is 43.7 cm³/mol. The van der Waals surface area contributed by atoms with Gasteiger partial charge in [-0.05, 0) is 12.8 Å². The van der Waals surface area contributed by atoms with Crippen LogP contribution in [0.4, 0.5) is 0 Å². The molecule has 0 bridgehead atoms. The number of nitrogens with one attached hydrogen (secondary N) is 1. The van der Waals surface area contributed by atoms with E-state index >= 15 is 0 Å². The second kappa shape index (κ2) is 4.42. The molecular weight excluding hydrogens is 158 g/mol. The summed E-state index contributed by atoms with van der Waals surface area (Å²) >= 11 is 0. The summed E-state index contributed by atoms with van der Waals surface area (Å²) in [6.45, 7) is 2.65. The summed E-state index contributed by atoms with van der Waals surface area (Å²) in [5, 5.41) is 12.3. The van der Waals surface area contributed by atoms with Crippen LogP contribution in [0.3, 0.4) is 0 Å². The third kappa shape index (κ3) is 3.19. The monoisotopic (exact) mass is 173 g/mol. The number of esters is 1. The van der Waals surface area contributed by atoms with Crippen molar-refractivity contribution in [3.63, 3.8) is 0 Å². The van der Waals surface area contributed by atoms with E-state index in [1.54, 1.807) is 0 Å². The SMILES string of the molecule is CC(=O)O[C@@H]1CC[C@H](O)CNC1. The van der Waals surface area contributed by atoms with Crippen LogP contribution in [0.1, 0.15) is 19.8 Å². The molecule has 0 aromatic heterocycles. The van der Waals surface area contributed by atoms with Gasteiger partial charge in [0.05, 0.1) is 6.10 Å². The van der Waals surface area contributed by atoms with Crippen molar-refractivity contribution >= 4 is 5.97 Å². The summed E-state index contributed by atoms with van der Waals surface area (Å²) in [7, 11) is 0. The maximum absolute atomic E-state index is 10.6. The van der Waals surface area contributed by atoms with E-state index in [2.05, 4.69) is 5.32 Å². The fourth-order valence-electron chi connectivity index (χ4n) is 1.33. The van der Waals surface area contributed by atoms with E-state index in [4.69, 9.17) is 4.74 Å². The zero-order valence-electron chi connectivity index (χ0n) is 7.25. The number of β-amino-alcohol motifs (C(OH)–C–C–N with tert-alkyl or cyclic N) is 1. The molecule has 70 valence electrons. The molecule has 0 unspecified atom stereocenters. The standard InChI is InChI=1S/C8H15NO3/c1-6(10)12-8-3-2-7(11)4-9-5-8/h7-9,11H,2-5H2,1H3/t7-,8+/m0/s1. The maximum Gasteiger partial charge on any atom is 0.302 e. The fourth-order valence-corrected chi connectivity index (χ4v) is 1.33. The summed E-state index contributed by atoms with van der Waals surface area (Å²) in [5.41, 5.74) is 0. The summed E-state index contributed by atoms with van der Waals surface area (Å²) in [6, 6.07) is 0. The molecule has 1 saturated heterocycles. The number of aliphatic hydroxyl groups is 1. The Labute approximate surface area is 71.9 Å². The van der Waals surface area contributed by atoms with Crippen molar-refractivity contribution in [2.45, 2.75) is 32.0 Å². The van der Waals surface area contributed by atoms with Crippen molar-refractivity contribution in [2.75, 3.05) is 13.1 Å². The Morgan fingerprint density at radius 1 is 1.50 bits per heavy atom. The van der Waals surface area contributed by atoms with Crippen LogP contribution >= 0.6 is 0 Å². The molecular formula is C8H15NO3. The Morgan fingerprint density at radius 2 is 2.25 bits per heavy atom. The second-order valence-corrected chi connectivity index (χ2v) is 3.12. The molecule has 0 aromatic carbocycles. The third-order valence-corrected chi connectivity index (χ3v) is 1.91. The van der Waals surface area contributed by atoms with Crippen molar-refractivity contribution in [1.82, 2.24) is 5.32 Å². The van der Waals surface area contributed by atoms with E-state index in [9.17, 15) is 9.90 Å². The Balaban J connectivity index is 2.30. The second-order valence-electron chi connectivity index (χ2n) is 3.12. The first-order valence-corrected chi connectivity index (χ1v) is 4.24. The summed E-state index contributed by atoms with van der Waals surface area (Å²) in [5.74, 6) is -0.252. The van der Waals surface area contributed by atoms with Gasteiger partial charge in [-0.2, -0.15) is 0 Å². The molecule has 1 heterocycles. The third-order valence-electron chi connectivity index (χ3n) is 1.91. The van der Waals surface area contributed by atoms with E-state index in [0.717, 1.165) is 6.42 Å². The molecule has 4 nitrogen and oxygen atoms in total. The molecule has 12 heavy (non-hydrogen) atoms. The summed E-state index contributed by atoms with van der Waals surface area (Å²) in [4.78, 5) is 10.6. The van der Waals surface area contributed by atoms with Gasteiger partial charge in [0, 0.05) is 20.0 Å². The molecule has 0 spiro atoms. The van der Waals surface area contributed by atoms with Crippen LogP contribution < -0.4 is 5.32 Å². The number of hydrogen-bond acceptors (Lipinski definition) is 4. The smallest absolute Gasteiger partial charge is 0.302 e. The fraction of sp³-hybridized carbons (Fsp3) is 0.875. The summed E-state index contributed by atoms with van der Waals surface area (Å²) < 4.78 is 5.01. The molecule has 0 saturated carbocycles. The zero-order chi connectivity index (χ0) is 8.97. The first-order valence-electron chi connectivity index (χ1n) is 4.24. The van der Waals surface area contributed by atoms with Crippen LogP contribution in [-0.4, -0.2) is 36.4 Å². The molecule has 1 fully saturated rings. The van der Waals surface area contributed by atoms with E-state index in [-0.39, 0.29) is 18.2 Å². The lowest BCUT2D eigenvalue weighted by Crippen LogP contribution is -2.30. The van der Waals surface area contributed by atoms with Crippen LogP contribution in [0.2, 0.25) is 0 Å². The van der Waals surface area contributed by atoms with Gasteiger partial charge in [0.1, 0.15) is 6.10 Å². The van der Waals surface area contributed by atoms with E-state index in [0.29, 0.717) is 19.5 Å². The van der Waals surface area contributed by atoms with Crippen LogP contribution in [0.15, 0.2) is 0 Å². The minimum absolute atomic E-state index is 0.0698. The van der Waals surface area contributed by atoms with Crippen LogP contribution in [0.5, 0.6) is 0 Å². The number of carbonyl (C=O) groups is 1. The Bertz CT molecular complexity index is 160.